The van der Waals surface area contributed by atoms with Crippen LogP contribution in [0.15, 0.2) is 59.8 Å². The lowest BCUT2D eigenvalue weighted by atomic mass is 10.0. The van der Waals surface area contributed by atoms with Crippen LogP contribution in [-0.2, 0) is 16.1 Å². The van der Waals surface area contributed by atoms with Gasteiger partial charge in [0.2, 0.25) is 5.91 Å². The van der Waals surface area contributed by atoms with Gasteiger partial charge in [0.05, 0.1) is 17.3 Å². The third-order valence-electron chi connectivity index (χ3n) is 6.53. The molecule has 32 heavy (non-hydrogen) atoms. The van der Waals surface area contributed by atoms with E-state index in [0.717, 1.165) is 22.0 Å². The molecule has 0 spiro atoms. The highest BCUT2D eigenvalue weighted by molar-refractivity contribution is 7.98. The number of carbonyl (C=O) groups is 2. The van der Waals surface area contributed by atoms with Gasteiger partial charge in [0.15, 0.2) is 0 Å². The number of nitrogens with one attached hydrogen (secondary N) is 1. The molecule has 1 saturated carbocycles. The normalized spacial score (nSPS) is 22.1. The minimum atomic E-state index is -0.901. The summed E-state index contributed by atoms with van der Waals surface area (Å²) in [5.41, 5.74) is 1.63. The molecule has 0 unspecified atom stereocenters. The molecule has 1 aliphatic heterocycles. The monoisotopic (exact) mass is 450 g/mol. The number of carbonyl (C=O) groups excluding carboxylic acids is 1. The van der Waals surface area contributed by atoms with Crippen molar-refractivity contribution in [1.82, 2.24) is 19.6 Å². The average molecular weight is 451 g/mol. The van der Waals surface area contributed by atoms with Gasteiger partial charge in [-0.2, -0.15) is 0 Å². The number of likely N-dealkylation sites (tertiary alicyclic amines) is 1. The number of nitrogens with zero attached hydrogens (tertiary/aromatic N) is 3. The molecule has 2 aromatic heterocycles. The lowest BCUT2D eigenvalue weighted by molar-refractivity contribution is -0.125. The highest BCUT2D eigenvalue weighted by Crippen LogP contribution is 2.52. The van der Waals surface area contributed by atoms with Crippen LogP contribution in [0.5, 0.6) is 0 Å². The fraction of sp³-hybridized carbons (Fsp3) is 0.375. The number of hydrogen-bond donors (Lipinski definition) is 2. The van der Waals surface area contributed by atoms with E-state index in [0.29, 0.717) is 13.1 Å². The second kappa shape index (κ2) is 7.85. The quantitative estimate of drug-likeness (QED) is 0.558. The molecule has 5 rings (SSSR count). The van der Waals surface area contributed by atoms with E-state index in [2.05, 4.69) is 28.5 Å². The van der Waals surface area contributed by atoms with Gasteiger partial charge >= 0.3 is 6.09 Å². The van der Waals surface area contributed by atoms with Crippen molar-refractivity contribution in [2.45, 2.75) is 30.0 Å². The molecule has 7 nitrogen and oxygen atoms in total. The van der Waals surface area contributed by atoms with Gasteiger partial charge in [0.25, 0.3) is 0 Å². The number of fused-ring (bicyclic) bond motifs is 2. The maximum atomic E-state index is 13.0. The van der Waals surface area contributed by atoms with Crippen LogP contribution in [-0.4, -0.2) is 44.5 Å². The van der Waals surface area contributed by atoms with Crippen LogP contribution < -0.4 is 5.32 Å². The maximum absolute atomic E-state index is 13.0. The van der Waals surface area contributed by atoms with Gasteiger partial charge in [-0.15, -0.1) is 11.8 Å². The van der Waals surface area contributed by atoms with Gasteiger partial charge in [0.1, 0.15) is 5.82 Å². The minimum absolute atomic E-state index is 0.0126. The van der Waals surface area contributed by atoms with Crippen molar-refractivity contribution >= 4 is 29.3 Å². The van der Waals surface area contributed by atoms with Gasteiger partial charge in [0, 0.05) is 35.9 Å². The van der Waals surface area contributed by atoms with Crippen LogP contribution in [0.2, 0.25) is 0 Å². The third kappa shape index (κ3) is 3.72. The predicted octanol–water partition coefficient (Wildman–Crippen LogP) is 3.83. The summed E-state index contributed by atoms with van der Waals surface area (Å²) in [4.78, 5) is 31.3. The van der Waals surface area contributed by atoms with E-state index >= 15 is 0 Å². The minimum Gasteiger partial charge on any atom is -0.465 e. The third-order valence-corrected chi connectivity index (χ3v) is 7.67. The van der Waals surface area contributed by atoms with E-state index in [1.54, 1.807) is 11.8 Å². The van der Waals surface area contributed by atoms with E-state index in [-0.39, 0.29) is 23.7 Å². The number of hydrogen-bond acceptors (Lipinski definition) is 4. The predicted molar refractivity (Wildman–Crippen MR) is 122 cm³/mol. The SMILES string of the molecule is CC(C)(NC(=O)[C@@H]1[C@@H]2CN(C(=O)O)C[C@@H]21)c1ncc2c(SCc3ccccc3)cccn12. The number of carboxylic acid groups (broad SMARTS) is 1. The number of piperidine rings is 1. The van der Waals surface area contributed by atoms with E-state index < -0.39 is 11.6 Å². The molecule has 2 aliphatic rings. The zero-order chi connectivity index (χ0) is 22.5. The zero-order valence-electron chi connectivity index (χ0n) is 18.1. The molecule has 1 aliphatic carbocycles. The number of thioether (sulfide) groups is 1. The zero-order valence-corrected chi connectivity index (χ0v) is 18.9. The molecule has 3 atom stereocenters. The molecule has 0 radical (unpaired) electrons. The first-order valence-electron chi connectivity index (χ1n) is 10.8. The fourth-order valence-electron chi connectivity index (χ4n) is 4.83. The highest BCUT2D eigenvalue weighted by atomic mass is 32.2. The van der Waals surface area contributed by atoms with E-state index in [1.165, 1.54) is 10.5 Å². The Balaban J connectivity index is 1.30. The van der Waals surface area contributed by atoms with Gasteiger partial charge in [-0.1, -0.05) is 30.3 Å². The Kier molecular flexibility index (Phi) is 5.12. The Morgan fingerprint density at radius 2 is 1.88 bits per heavy atom. The lowest BCUT2D eigenvalue weighted by Gasteiger charge is -2.26. The van der Waals surface area contributed by atoms with Crippen molar-refractivity contribution in [2.24, 2.45) is 17.8 Å². The highest BCUT2D eigenvalue weighted by Gasteiger charge is 2.60. The second-order valence-electron chi connectivity index (χ2n) is 9.14. The molecule has 2 fully saturated rings. The number of amides is 2. The smallest absolute Gasteiger partial charge is 0.407 e. The molecule has 166 valence electrons. The number of rotatable bonds is 6. The molecular formula is C24H26N4O3S. The molecule has 3 heterocycles. The summed E-state index contributed by atoms with van der Waals surface area (Å²) in [5.74, 6) is 1.81. The van der Waals surface area contributed by atoms with Gasteiger partial charge in [-0.05, 0) is 43.4 Å². The maximum Gasteiger partial charge on any atom is 0.407 e. The number of aromatic nitrogens is 2. The van der Waals surface area contributed by atoms with Crippen molar-refractivity contribution < 1.29 is 14.7 Å². The fourth-order valence-corrected chi connectivity index (χ4v) is 5.82. The van der Waals surface area contributed by atoms with Crippen molar-refractivity contribution in [2.75, 3.05) is 13.1 Å². The Labute approximate surface area is 190 Å². The largest absolute Gasteiger partial charge is 0.465 e. The molecule has 2 amide bonds. The van der Waals surface area contributed by atoms with Crippen molar-refractivity contribution in [3.63, 3.8) is 0 Å². The van der Waals surface area contributed by atoms with Crippen LogP contribution in [0.4, 0.5) is 4.79 Å². The lowest BCUT2D eigenvalue weighted by Crippen LogP contribution is -2.44. The van der Waals surface area contributed by atoms with Crippen LogP contribution >= 0.6 is 11.8 Å². The van der Waals surface area contributed by atoms with Crippen LogP contribution in [0, 0.1) is 17.8 Å². The van der Waals surface area contributed by atoms with E-state index in [9.17, 15) is 9.59 Å². The van der Waals surface area contributed by atoms with Crippen LogP contribution in [0.1, 0.15) is 25.2 Å². The van der Waals surface area contributed by atoms with Gasteiger partial charge in [-0.25, -0.2) is 9.78 Å². The van der Waals surface area contributed by atoms with Gasteiger partial charge < -0.3 is 19.7 Å². The second-order valence-corrected chi connectivity index (χ2v) is 10.2. The number of benzene rings is 1. The molecule has 0 bridgehead atoms. The summed E-state index contributed by atoms with van der Waals surface area (Å²) in [7, 11) is 0. The molecule has 2 N–H and O–H groups in total. The molecule has 1 saturated heterocycles. The summed E-state index contributed by atoms with van der Waals surface area (Å²) >= 11 is 1.77. The van der Waals surface area contributed by atoms with E-state index in [4.69, 9.17) is 5.11 Å². The Morgan fingerprint density at radius 3 is 2.56 bits per heavy atom. The summed E-state index contributed by atoms with van der Waals surface area (Å²) in [6.07, 6.45) is 2.95. The summed E-state index contributed by atoms with van der Waals surface area (Å²) < 4.78 is 2.05. The van der Waals surface area contributed by atoms with Crippen molar-refractivity contribution in [1.29, 1.82) is 0 Å². The first kappa shape index (κ1) is 20.9. The molecule has 8 heteroatoms. The first-order valence-corrected chi connectivity index (χ1v) is 11.8. The van der Waals surface area contributed by atoms with Crippen molar-refractivity contribution in [3.8, 4) is 0 Å². The molecule has 3 aromatic rings. The first-order chi connectivity index (χ1) is 15.3. The number of imidazole rings is 1. The van der Waals surface area contributed by atoms with Gasteiger partial charge in [-0.3, -0.25) is 4.79 Å². The Bertz CT molecular complexity index is 1160. The van der Waals surface area contributed by atoms with Crippen LogP contribution in [0.3, 0.4) is 0 Å². The van der Waals surface area contributed by atoms with Crippen molar-refractivity contribution in [3.05, 3.63) is 66.2 Å². The van der Waals surface area contributed by atoms with E-state index in [1.807, 2.05) is 54.9 Å². The van der Waals surface area contributed by atoms with Crippen LogP contribution in [0.25, 0.3) is 5.52 Å². The number of pyridine rings is 1. The summed E-state index contributed by atoms with van der Waals surface area (Å²) in [6, 6.07) is 14.5. The summed E-state index contributed by atoms with van der Waals surface area (Å²) in [6.45, 7) is 4.83. The topological polar surface area (TPSA) is 86.9 Å². The molecule has 1 aromatic carbocycles. The standard InChI is InChI=1S/C24H26N4O3S/c1-24(2,26-21(29)20-16-12-27(23(30)31)13-17(16)20)22-25-11-18-19(9-6-10-28(18)22)32-14-15-7-4-3-5-8-15/h3-11,16-17,20H,12-14H2,1-2H3,(H,26,29)(H,30,31)/t16-,17+,20-. The Morgan fingerprint density at radius 1 is 1.16 bits per heavy atom. The Hall–Kier alpha value is -3.00. The summed E-state index contributed by atoms with van der Waals surface area (Å²) in [5, 5.41) is 12.3. The molecular weight excluding hydrogens is 424 g/mol. The average Bonchev–Trinajstić information content (AvgIpc) is 3.10.